The van der Waals surface area contributed by atoms with Crippen molar-refractivity contribution in [2.75, 3.05) is 11.9 Å². The van der Waals surface area contributed by atoms with Gasteiger partial charge in [0, 0.05) is 16.8 Å². The summed E-state index contributed by atoms with van der Waals surface area (Å²) in [6.45, 7) is 6.16. The highest BCUT2D eigenvalue weighted by molar-refractivity contribution is 6.32. The predicted octanol–water partition coefficient (Wildman–Crippen LogP) is 4.95. The van der Waals surface area contributed by atoms with Gasteiger partial charge >= 0.3 is 0 Å². The average Bonchev–Trinajstić information content (AvgIpc) is 2.53. The summed E-state index contributed by atoms with van der Waals surface area (Å²) in [5, 5.41) is 3.39. The van der Waals surface area contributed by atoms with Gasteiger partial charge in [0.25, 0.3) is 0 Å². The fraction of sp³-hybridized carbons (Fsp3) is 0.105. The van der Waals surface area contributed by atoms with Crippen molar-refractivity contribution in [1.29, 1.82) is 0 Å². The highest BCUT2D eigenvalue weighted by Gasteiger charge is 2.00. The second kappa shape index (κ2) is 8.20. The van der Waals surface area contributed by atoms with Crippen LogP contribution in [0.3, 0.4) is 0 Å². The fourth-order valence-corrected chi connectivity index (χ4v) is 2.00. The zero-order valence-electron chi connectivity index (χ0n) is 12.9. The van der Waals surface area contributed by atoms with Crippen LogP contribution in [-0.4, -0.2) is 12.5 Å². The van der Waals surface area contributed by atoms with E-state index < -0.39 is 0 Å². The van der Waals surface area contributed by atoms with E-state index in [0.29, 0.717) is 17.3 Å². The summed E-state index contributed by atoms with van der Waals surface area (Å²) >= 11 is 6.03. The van der Waals surface area contributed by atoms with Crippen molar-refractivity contribution in [1.82, 2.24) is 0 Å². The highest BCUT2D eigenvalue weighted by atomic mass is 35.5. The molecule has 0 atom stereocenters. The molecule has 0 saturated carbocycles. The normalized spacial score (nSPS) is 10.5. The predicted molar refractivity (Wildman–Crippen MR) is 95.9 cm³/mol. The Kier molecular flexibility index (Phi) is 6.01. The van der Waals surface area contributed by atoms with Gasteiger partial charge in [-0.3, -0.25) is 4.79 Å². The lowest BCUT2D eigenvalue weighted by Crippen LogP contribution is -2.07. The first-order chi connectivity index (χ1) is 11.0. The SMILES string of the molecule is C=C(C)COc1ccc(NC(=O)/C=C/c2ccccc2Cl)cc1. The van der Waals surface area contributed by atoms with E-state index in [-0.39, 0.29) is 5.91 Å². The minimum Gasteiger partial charge on any atom is -0.489 e. The first-order valence-corrected chi connectivity index (χ1v) is 7.53. The molecule has 118 valence electrons. The van der Waals surface area contributed by atoms with Crippen LogP contribution in [0.1, 0.15) is 12.5 Å². The molecular weight excluding hydrogens is 310 g/mol. The van der Waals surface area contributed by atoms with E-state index in [1.165, 1.54) is 6.08 Å². The van der Waals surface area contributed by atoms with Crippen LogP contribution in [0.5, 0.6) is 5.75 Å². The third kappa shape index (κ3) is 5.64. The Labute approximate surface area is 141 Å². The third-order valence-corrected chi connectivity index (χ3v) is 3.27. The molecule has 2 aromatic rings. The minimum absolute atomic E-state index is 0.222. The van der Waals surface area contributed by atoms with E-state index in [1.807, 2.05) is 25.1 Å². The van der Waals surface area contributed by atoms with Crippen molar-refractivity contribution in [2.45, 2.75) is 6.92 Å². The van der Waals surface area contributed by atoms with E-state index in [2.05, 4.69) is 11.9 Å². The topological polar surface area (TPSA) is 38.3 Å². The molecule has 3 nitrogen and oxygen atoms in total. The van der Waals surface area contributed by atoms with Crippen molar-refractivity contribution < 1.29 is 9.53 Å². The number of amides is 1. The molecule has 0 heterocycles. The molecule has 0 spiro atoms. The van der Waals surface area contributed by atoms with Crippen LogP contribution in [0, 0.1) is 0 Å². The zero-order valence-corrected chi connectivity index (χ0v) is 13.6. The highest BCUT2D eigenvalue weighted by Crippen LogP contribution is 2.18. The van der Waals surface area contributed by atoms with Crippen LogP contribution in [-0.2, 0) is 4.79 Å². The van der Waals surface area contributed by atoms with Crippen LogP contribution in [0.4, 0.5) is 5.69 Å². The van der Waals surface area contributed by atoms with Gasteiger partial charge in [0.05, 0.1) is 0 Å². The Morgan fingerprint density at radius 2 is 1.91 bits per heavy atom. The van der Waals surface area contributed by atoms with Crippen molar-refractivity contribution in [3.8, 4) is 5.75 Å². The Balaban J connectivity index is 1.92. The van der Waals surface area contributed by atoms with Gasteiger partial charge in [0.1, 0.15) is 12.4 Å². The van der Waals surface area contributed by atoms with Crippen molar-refractivity contribution in [3.05, 3.63) is 77.3 Å². The van der Waals surface area contributed by atoms with E-state index >= 15 is 0 Å². The number of hydrogen-bond acceptors (Lipinski definition) is 2. The van der Waals surface area contributed by atoms with Gasteiger partial charge in [-0.2, -0.15) is 0 Å². The third-order valence-electron chi connectivity index (χ3n) is 2.93. The van der Waals surface area contributed by atoms with E-state index in [4.69, 9.17) is 16.3 Å². The number of carbonyl (C=O) groups is 1. The molecule has 23 heavy (non-hydrogen) atoms. The monoisotopic (exact) mass is 327 g/mol. The number of ether oxygens (including phenoxy) is 1. The number of hydrogen-bond donors (Lipinski definition) is 1. The molecule has 2 aromatic carbocycles. The Morgan fingerprint density at radius 1 is 1.22 bits per heavy atom. The molecule has 1 amide bonds. The summed E-state index contributed by atoms with van der Waals surface area (Å²) < 4.78 is 5.51. The molecule has 0 saturated heterocycles. The number of benzene rings is 2. The van der Waals surface area contributed by atoms with Gasteiger partial charge in [-0.15, -0.1) is 0 Å². The van der Waals surface area contributed by atoms with E-state index in [9.17, 15) is 4.79 Å². The van der Waals surface area contributed by atoms with Gasteiger partial charge in [-0.25, -0.2) is 0 Å². The number of rotatable bonds is 6. The maximum absolute atomic E-state index is 11.9. The number of anilines is 1. The molecule has 1 N–H and O–H groups in total. The molecule has 0 bridgehead atoms. The van der Waals surface area contributed by atoms with Crippen LogP contribution in [0.2, 0.25) is 5.02 Å². The van der Waals surface area contributed by atoms with Gasteiger partial charge in [-0.05, 0) is 54.5 Å². The van der Waals surface area contributed by atoms with Crippen molar-refractivity contribution in [2.24, 2.45) is 0 Å². The summed E-state index contributed by atoms with van der Waals surface area (Å²) in [4.78, 5) is 11.9. The van der Waals surface area contributed by atoms with Gasteiger partial charge < -0.3 is 10.1 Å². The van der Waals surface area contributed by atoms with Gasteiger partial charge in [0.2, 0.25) is 5.91 Å². The smallest absolute Gasteiger partial charge is 0.248 e. The van der Waals surface area contributed by atoms with Gasteiger partial charge in [0.15, 0.2) is 0 Å². The van der Waals surface area contributed by atoms with Crippen molar-refractivity contribution >= 4 is 29.3 Å². The minimum atomic E-state index is -0.222. The van der Waals surface area contributed by atoms with Crippen LogP contribution < -0.4 is 10.1 Å². The molecular formula is C19H18ClNO2. The summed E-state index contributed by atoms with van der Waals surface area (Å²) in [6.07, 6.45) is 3.13. The Hall–Kier alpha value is -2.52. The number of nitrogens with one attached hydrogen (secondary N) is 1. The maximum Gasteiger partial charge on any atom is 0.248 e. The van der Waals surface area contributed by atoms with E-state index in [1.54, 1.807) is 36.4 Å². The lowest BCUT2D eigenvalue weighted by atomic mass is 10.2. The average molecular weight is 328 g/mol. The van der Waals surface area contributed by atoms with E-state index in [0.717, 1.165) is 16.9 Å². The zero-order chi connectivity index (χ0) is 16.7. The van der Waals surface area contributed by atoms with Crippen LogP contribution in [0.15, 0.2) is 66.8 Å². The fourth-order valence-electron chi connectivity index (χ4n) is 1.80. The quantitative estimate of drug-likeness (QED) is 0.602. The lowest BCUT2D eigenvalue weighted by molar-refractivity contribution is -0.111. The standard InChI is InChI=1S/C19H18ClNO2/c1-14(2)13-23-17-10-8-16(9-11-17)21-19(22)12-7-15-5-3-4-6-18(15)20/h3-12H,1,13H2,2H3,(H,21,22)/b12-7+. The summed E-state index contributed by atoms with van der Waals surface area (Å²) in [5.74, 6) is 0.512. The maximum atomic E-state index is 11.9. The van der Waals surface area contributed by atoms with Gasteiger partial charge in [-0.1, -0.05) is 36.4 Å². The number of carbonyl (C=O) groups excluding carboxylic acids is 1. The first kappa shape index (κ1) is 16.8. The Morgan fingerprint density at radius 3 is 2.57 bits per heavy atom. The van der Waals surface area contributed by atoms with Crippen molar-refractivity contribution in [3.63, 3.8) is 0 Å². The molecule has 4 heteroatoms. The summed E-state index contributed by atoms with van der Waals surface area (Å²) in [7, 11) is 0. The lowest BCUT2D eigenvalue weighted by Gasteiger charge is -2.07. The molecule has 0 fully saturated rings. The van der Waals surface area contributed by atoms with Crippen LogP contribution in [0.25, 0.3) is 6.08 Å². The molecule has 0 aromatic heterocycles. The number of halogens is 1. The second-order valence-electron chi connectivity index (χ2n) is 5.11. The summed E-state index contributed by atoms with van der Waals surface area (Å²) in [5.41, 5.74) is 2.45. The molecule has 0 aliphatic heterocycles. The van der Waals surface area contributed by atoms with Crippen LogP contribution >= 0.6 is 11.6 Å². The first-order valence-electron chi connectivity index (χ1n) is 7.15. The largest absolute Gasteiger partial charge is 0.489 e. The summed E-state index contributed by atoms with van der Waals surface area (Å²) in [6, 6.07) is 14.5. The molecule has 0 aliphatic carbocycles. The molecule has 2 rings (SSSR count). The second-order valence-corrected chi connectivity index (χ2v) is 5.52. The molecule has 0 aliphatic rings. The molecule has 0 unspecified atom stereocenters. The Bertz CT molecular complexity index is 720. The molecule has 0 radical (unpaired) electrons.